The molecule has 7 aromatic carbocycles. The summed E-state index contributed by atoms with van der Waals surface area (Å²) in [6.07, 6.45) is 0. The highest BCUT2D eigenvalue weighted by atomic mass is 16.3. The van der Waals surface area contributed by atoms with Gasteiger partial charge in [0.15, 0.2) is 0 Å². The van der Waals surface area contributed by atoms with E-state index in [1.807, 2.05) is 18.2 Å². The topological polar surface area (TPSA) is 56.1 Å². The molecule has 4 heteroatoms. The predicted molar refractivity (Wildman–Crippen MR) is 203 cm³/mol. The normalized spacial score (nSPS) is 13.6. The highest BCUT2D eigenvalue weighted by Gasteiger charge is 2.34. The molecule has 0 fully saturated rings. The summed E-state index contributed by atoms with van der Waals surface area (Å²) in [6, 6.07) is 61.2. The van der Waals surface area contributed by atoms with Crippen LogP contribution in [0.25, 0.3) is 49.4 Å². The standard InChI is InChI=1S/C45H35N3O/c46-43(30-16-4-1-5-17-30)42(44(31-18-6-2-7-19-31)47-32-20-8-3-9-21-32)38-29-33(28-37-36-24-12-15-27-41(36)49-45(37)38)48-39-25-13-10-22-34(39)35-23-11-14-26-40(35)48/h1-29,42-44,47H,46H2. The Morgan fingerprint density at radius 1 is 0.510 bits per heavy atom. The number of nitrogens with zero attached hydrogens (tertiary/aromatic N) is 1. The maximum atomic E-state index is 7.51. The van der Waals surface area contributed by atoms with E-state index in [1.165, 1.54) is 10.8 Å². The minimum Gasteiger partial charge on any atom is -0.456 e. The van der Waals surface area contributed by atoms with Crippen molar-refractivity contribution in [2.45, 2.75) is 18.0 Å². The SMILES string of the molecule is NC(c1ccccc1)C(c1cc(-n2c3ccccc3c3ccccc32)cc2c1oc1ccccc12)C(Nc1ccccc1)c1ccccc1. The lowest BCUT2D eigenvalue weighted by atomic mass is 9.78. The fraction of sp³-hybridized carbons (Fsp3) is 0.0667. The van der Waals surface area contributed by atoms with Crippen molar-refractivity contribution in [1.29, 1.82) is 0 Å². The summed E-state index contributed by atoms with van der Waals surface area (Å²) >= 11 is 0. The molecule has 2 heterocycles. The molecular weight excluding hydrogens is 599 g/mol. The van der Waals surface area contributed by atoms with Gasteiger partial charge in [-0.05, 0) is 53.6 Å². The van der Waals surface area contributed by atoms with Crippen molar-refractivity contribution in [3.63, 3.8) is 0 Å². The third-order valence-electron chi connectivity index (χ3n) is 9.87. The van der Waals surface area contributed by atoms with Gasteiger partial charge in [-0.25, -0.2) is 0 Å². The molecule has 0 spiro atoms. The van der Waals surface area contributed by atoms with E-state index in [2.05, 4.69) is 168 Å². The van der Waals surface area contributed by atoms with Crippen LogP contribution in [0.3, 0.4) is 0 Å². The lowest BCUT2D eigenvalue weighted by molar-refractivity contribution is 0.486. The summed E-state index contributed by atoms with van der Waals surface area (Å²) in [5.74, 6) is -0.235. The van der Waals surface area contributed by atoms with E-state index in [0.717, 1.165) is 61.0 Å². The van der Waals surface area contributed by atoms with Crippen LogP contribution in [0.5, 0.6) is 0 Å². The van der Waals surface area contributed by atoms with Crippen molar-refractivity contribution in [3.05, 3.63) is 193 Å². The fourth-order valence-electron chi connectivity index (χ4n) is 7.63. The molecule has 3 unspecified atom stereocenters. The molecule has 236 valence electrons. The number of benzene rings is 7. The number of hydrogen-bond acceptors (Lipinski definition) is 3. The van der Waals surface area contributed by atoms with Gasteiger partial charge in [0.2, 0.25) is 0 Å². The summed E-state index contributed by atoms with van der Waals surface area (Å²) in [5, 5.41) is 8.53. The second-order valence-corrected chi connectivity index (χ2v) is 12.7. The summed E-state index contributed by atoms with van der Waals surface area (Å²) in [6.45, 7) is 0. The van der Waals surface area contributed by atoms with Crippen LogP contribution in [0, 0.1) is 0 Å². The molecule has 9 rings (SSSR count). The molecule has 49 heavy (non-hydrogen) atoms. The Morgan fingerprint density at radius 3 is 1.69 bits per heavy atom. The number of aromatic nitrogens is 1. The van der Waals surface area contributed by atoms with E-state index in [1.54, 1.807) is 0 Å². The smallest absolute Gasteiger partial charge is 0.139 e. The molecule has 9 aromatic rings. The Bertz CT molecular complexity index is 2500. The van der Waals surface area contributed by atoms with Gasteiger partial charge in [-0.2, -0.15) is 0 Å². The number of nitrogens with two attached hydrogens (primary N) is 1. The number of anilines is 1. The van der Waals surface area contributed by atoms with Crippen LogP contribution >= 0.6 is 0 Å². The Labute approximate surface area is 285 Å². The first-order valence-electron chi connectivity index (χ1n) is 16.9. The molecule has 0 saturated carbocycles. The van der Waals surface area contributed by atoms with Gasteiger partial charge < -0.3 is 20.0 Å². The van der Waals surface area contributed by atoms with Gasteiger partial charge in [-0.1, -0.05) is 133 Å². The van der Waals surface area contributed by atoms with E-state index in [-0.39, 0.29) is 18.0 Å². The number of fused-ring (bicyclic) bond motifs is 6. The van der Waals surface area contributed by atoms with E-state index >= 15 is 0 Å². The highest BCUT2D eigenvalue weighted by Crippen LogP contribution is 2.47. The first-order valence-corrected chi connectivity index (χ1v) is 16.9. The van der Waals surface area contributed by atoms with Gasteiger partial charge in [-0.15, -0.1) is 0 Å². The van der Waals surface area contributed by atoms with Gasteiger partial charge in [0.05, 0.1) is 17.1 Å². The van der Waals surface area contributed by atoms with Gasteiger partial charge in [0.1, 0.15) is 11.2 Å². The zero-order chi connectivity index (χ0) is 32.7. The van der Waals surface area contributed by atoms with Crippen LogP contribution in [-0.4, -0.2) is 4.57 Å². The summed E-state index contributed by atoms with van der Waals surface area (Å²) in [7, 11) is 0. The Kier molecular flexibility index (Phi) is 7.22. The molecule has 0 bridgehead atoms. The van der Waals surface area contributed by atoms with Crippen molar-refractivity contribution in [3.8, 4) is 5.69 Å². The van der Waals surface area contributed by atoms with Crippen LogP contribution in [0.1, 0.15) is 34.7 Å². The Balaban J connectivity index is 1.38. The van der Waals surface area contributed by atoms with Gasteiger partial charge in [0, 0.05) is 50.4 Å². The second kappa shape index (κ2) is 12.2. The Hall–Kier alpha value is -6.10. The number of para-hydroxylation sites is 4. The van der Waals surface area contributed by atoms with E-state index in [9.17, 15) is 0 Å². The fourth-order valence-corrected chi connectivity index (χ4v) is 7.63. The quantitative estimate of drug-likeness (QED) is 0.175. The average molecular weight is 634 g/mol. The summed E-state index contributed by atoms with van der Waals surface area (Å²) in [4.78, 5) is 0. The molecule has 4 nitrogen and oxygen atoms in total. The van der Waals surface area contributed by atoms with Gasteiger partial charge >= 0.3 is 0 Å². The van der Waals surface area contributed by atoms with Crippen LogP contribution in [0.4, 0.5) is 5.69 Å². The molecule has 0 aliphatic carbocycles. The number of hydrogen-bond donors (Lipinski definition) is 2. The van der Waals surface area contributed by atoms with E-state index in [0.29, 0.717) is 0 Å². The first kappa shape index (κ1) is 29.1. The van der Waals surface area contributed by atoms with Crippen LogP contribution < -0.4 is 11.1 Å². The minimum atomic E-state index is -0.368. The number of furan rings is 1. The second-order valence-electron chi connectivity index (χ2n) is 12.7. The molecule has 0 saturated heterocycles. The zero-order valence-corrected chi connectivity index (χ0v) is 26.9. The first-order chi connectivity index (χ1) is 24.2. The highest BCUT2D eigenvalue weighted by molar-refractivity contribution is 6.11. The van der Waals surface area contributed by atoms with Crippen LogP contribution in [-0.2, 0) is 0 Å². The third kappa shape index (κ3) is 5.05. The lowest BCUT2D eigenvalue weighted by Crippen LogP contribution is -2.29. The molecular formula is C45H35N3O. The minimum absolute atomic E-state index is 0.191. The van der Waals surface area contributed by atoms with Crippen molar-refractivity contribution >= 4 is 49.4 Å². The van der Waals surface area contributed by atoms with E-state index in [4.69, 9.17) is 10.2 Å². The molecule has 0 aliphatic heterocycles. The van der Waals surface area contributed by atoms with E-state index < -0.39 is 0 Å². The maximum Gasteiger partial charge on any atom is 0.139 e. The average Bonchev–Trinajstić information content (AvgIpc) is 3.71. The van der Waals surface area contributed by atoms with Crippen molar-refractivity contribution in [1.82, 2.24) is 4.57 Å². The Morgan fingerprint density at radius 2 is 1.04 bits per heavy atom. The van der Waals surface area contributed by atoms with Crippen molar-refractivity contribution in [2.24, 2.45) is 5.73 Å². The molecule has 0 aliphatic rings. The largest absolute Gasteiger partial charge is 0.456 e. The molecule has 0 radical (unpaired) electrons. The third-order valence-corrected chi connectivity index (χ3v) is 9.87. The zero-order valence-electron chi connectivity index (χ0n) is 26.9. The van der Waals surface area contributed by atoms with Crippen molar-refractivity contribution < 1.29 is 4.42 Å². The van der Waals surface area contributed by atoms with Gasteiger partial charge in [-0.3, -0.25) is 0 Å². The maximum absolute atomic E-state index is 7.51. The van der Waals surface area contributed by atoms with Crippen molar-refractivity contribution in [2.75, 3.05) is 5.32 Å². The predicted octanol–water partition coefficient (Wildman–Crippen LogP) is 11.3. The number of rotatable bonds is 8. The molecule has 3 atom stereocenters. The number of nitrogens with one attached hydrogen (secondary N) is 1. The molecule has 3 N–H and O–H groups in total. The molecule has 0 amide bonds. The van der Waals surface area contributed by atoms with Crippen LogP contribution in [0.2, 0.25) is 0 Å². The monoisotopic (exact) mass is 633 g/mol. The summed E-state index contributed by atoms with van der Waals surface area (Å²) in [5.41, 5.74) is 16.9. The summed E-state index contributed by atoms with van der Waals surface area (Å²) < 4.78 is 9.23. The molecule has 2 aromatic heterocycles. The van der Waals surface area contributed by atoms with Gasteiger partial charge in [0.25, 0.3) is 0 Å². The van der Waals surface area contributed by atoms with Crippen LogP contribution in [0.15, 0.2) is 180 Å². The lowest BCUT2D eigenvalue weighted by Gasteiger charge is -2.34.